The highest BCUT2D eigenvalue weighted by molar-refractivity contribution is 6.24. The Labute approximate surface area is 213 Å². The van der Waals surface area contributed by atoms with Gasteiger partial charge in [-0.1, -0.05) is 19.1 Å². The van der Waals surface area contributed by atoms with Crippen LogP contribution in [-0.4, -0.2) is 79.7 Å². The van der Waals surface area contributed by atoms with Crippen molar-refractivity contribution >= 4 is 28.8 Å². The van der Waals surface area contributed by atoms with Crippen LogP contribution in [0.4, 0.5) is 0 Å². The molecule has 2 unspecified atom stereocenters. The summed E-state index contributed by atoms with van der Waals surface area (Å²) in [4.78, 5) is 40.7. The fraction of sp³-hybridized carbons (Fsp3) is 0.444. The van der Waals surface area contributed by atoms with Gasteiger partial charge in [0, 0.05) is 11.5 Å². The molecule has 5 rings (SSSR count). The van der Waals surface area contributed by atoms with E-state index in [1.54, 1.807) is 13.0 Å². The molecule has 1 amide bonds. The van der Waals surface area contributed by atoms with E-state index in [2.05, 4.69) is 6.08 Å². The highest BCUT2D eigenvalue weighted by atomic mass is 16.4. The molecule has 0 saturated heterocycles. The minimum Gasteiger partial charge on any atom is -0.508 e. The van der Waals surface area contributed by atoms with E-state index in [0.717, 1.165) is 30.4 Å². The fourth-order valence-electron chi connectivity index (χ4n) is 6.89. The van der Waals surface area contributed by atoms with Crippen molar-refractivity contribution in [2.45, 2.75) is 49.9 Å². The number of carbonyl (C=O) groups excluding carboxylic acids is 3. The summed E-state index contributed by atoms with van der Waals surface area (Å²) in [6.07, 6.45) is 3.09. The number of fused-ring (bicyclic) bond motifs is 3. The number of rotatable bonds is 3. The molecule has 196 valence electrons. The monoisotopic (exact) mass is 510 g/mol. The van der Waals surface area contributed by atoms with Gasteiger partial charge in [0.2, 0.25) is 5.78 Å². The molecule has 6 atom stereocenters. The van der Waals surface area contributed by atoms with Crippen LogP contribution in [0.15, 0.2) is 35.1 Å². The van der Waals surface area contributed by atoms with E-state index in [-0.39, 0.29) is 16.9 Å². The molecular weight excluding hydrogens is 480 g/mol. The SMILES string of the molecule is C[C@H]1c2c(C3=CCCC3)ccc(O)c2C(O)=C2C(=O)[C@]3(O)C(O)=C(C(N)=O)C(=O)[C@@H](N(C)C)C3[C@@H](O)C21. The molecule has 1 saturated carbocycles. The van der Waals surface area contributed by atoms with Gasteiger partial charge in [0.1, 0.15) is 22.8 Å². The Balaban J connectivity index is 1.82. The average molecular weight is 511 g/mol. The van der Waals surface area contributed by atoms with E-state index in [1.165, 1.54) is 25.1 Å². The Morgan fingerprint density at radius 2 is 1.84 bits per heavy atom. The molecule has 1 aromatic carbocycles. The average Bonchev–Trinajstić information content (AvgIpc) is 3.36. The predicted molar refractivity (Wildman–Crippen MR) is 132 cm³/mol. The number of aromatic hydroxyl groups is 1. The highest BCUT2D eigenvalue weighted by Gasteiger charge is 2.68. The number of primary amides is 1. The number of nitrogens with two attached hydrogens (primary N) is 1. The lowest BCUT2D eigenvalue weighted by Crippen LogP contribution is -2.70. The first-order chi connectivity index (χ1) is 17.3. The van der Waals surface area contributed by atoms with Gasteiger partial charge in [0.25, 0.3) is 5.91 Å². The third-order valence-corrected chi connectivity index (χ3v) is 8.49. The molecule has 0 heterocycles. The van der Waals surface area contributed by atoms with Crippen molar-refractivity contribution in [1.82, 2.24) is 4.90 Å². The summed E-state index contributed by atoms with van der Waals surface area (Å²) in [6.45, 7) is 1.75. The summed E-state index contributed by atoms with van der Waals surface area (Å²) in [5.41, 5.74) is 3.48. The normalized spacial score (nSPS) is 33.4. The predicted octanol–water partition coefficient (Wildman–Crippen LogP) is 1.06. The number of hydrogen-bond donors (Lipinski definition) is 6. The second-order valence-corrected chi connectivity index (χ2v) is 10.6. The minimum atomic E-state index is -2.91. The Morgan fingerprint density at radius 1 is 1.16 bits per heavy atom. The molecule has 0 aromatic heterocycles. The lowest BCUT2D eigenvalue weighted by Gasteiger charge is -2.53. The number of aliphatic hydroxyl groups excluding tert-OH is 3. The van der Waals surface area contributed by atoms with Gasteiger partial charge in [-0.3, -0.25) is 19.3 Å². The molecule has 0 aliphatic heterocycles. The second kappa shape index (κ2) is 8.27. The summed E-state index contributed by atoms with van der Waals surface area (Å²) in [7, 11) is 2.96. The first-order valence-corrected chi connectivity index (χ1v) is 12.2. The van der Waals surface area contributed by atoms with Crippen LogP contribution in [0, 0.1) is 11.8 Å². The molecule has 4 aliphatic rings. The number of aliphatic hydroxyl groups is 4. The lowest BCUT2D eigenvalue weighted by atomic mass is 9.54. The number of phenolic OH excluding ortho intramolecular Hbond substituents is 1. The zero-order valence-electron chi connectivity index (χ0n) is 20.7. The smallest absolute Gasteiger partial charge is 0.255 e. The van der Waals surface area contributed by atoms with E-state index in [9.17, 15) is 39.9 Å². The number of Topliss-reactive ketones (excluding diaryl/α,β-unsaturated/α-hetero) is 2. The Kier molecular flexibility index (Phi) is 5.63. The maximum Gasteiger partial charge on any atom is 0.255 e. The van der Waals surface area contributed by atoms with Crippen LogP contribution >= 0.6 is 0 Å². The van der Waals surface area contributed by atoms with Gasteiger partial charge in [-0.15, -0.1) is 0 Å². The van der Waals surface area contributed by atoms with Crippen molar-refractivity contribution in [1.29, 1.82) is 0 Å². The van der Waals surface area contributed by atoms with Crippen molar-refractivity contribution < 1.29 is 39.9 Å². The van der Waals surface area contributed by atoms with Crippen molar-refractivity contribution in [3.05, 3.63) is 51.8 Å². The molecule has 1 fully saturated rings. The number of benzene rings is 1. The quantitative estimate of drug-likeness (QED) is 0.324. The number of likely N-dealkylation sites (N-methyl/N-ethyl adjacent to an activating group) is 1. The van der Waals surface area contributed by atoms with Gasteiger partial charge in [0.05, 0.1) is 23.6 Å². The summed E-state index contributed by atoms with van der Waals surface area (Å²) in [5.74, 6) is -8.86. The van der Waals surface area contributed by atoms with Crippen molar-refractivity contribution in [2.75, 3.05) is 14.1 Å². The molecule has 4 aliphatic carbocycles. The van der Waals surface area contributed by atoms with Gasteiger partial charge in [0.15, 0.2) is 11.4 Å². The highest BCUT2D eigenvalue weighted by Crippen LogP contribution is 2.57. The van der Waals surface area contributed by atoms with E-state index < -0.39 is 70.1 Å². The summed E-state index contributed by atoms with van der Waals surface area (Å²) in [5, 5.41) is 56.5. The molecule has 0 radical (unpaired) electrons. The maximum absolute atomic E-state index is 14.0. The van der Waals surface area contributed by atoms with Crippen LogP contribution < -0.4 is 5.73 Å². The molecule has 0 spiro atoms. The van der Waals surface area contributed by atoms with Gasteiger partial charge in [-0.25, -0.2) is 0 Å². The number of phenols is 1. The lowest BCUT2D eigenvalue weighted by molar-refractivity contribution is -0.169. The molecule has 1 aromatic rings. The number of amides is 1. The largest absolute Gasteiger partial charge is 0.508 e. The zero-order chi connectivity index (χ0) is 27.1. The van der Waals surface area contributed by atoms with Crippen molar-refractivity contribution in [2.24, 2.45) is 17.6 Å². The Bertz CT molecular complexity index is 1360. The van der Waals surface area contributed by atoms with Crippen LogP contribution in [0.3, 0.4) is 0 Å². The first kappa shape index (κ1) is 25.2. The number of ketones is 2. The second-order valence-electron chi connectivity index (χ2n) is 10.6. The fourth-order valence-corrected chi connectivity index (χ4v) is 6.89. The van der Waals surface area contributed by atoms with Crippen LogP contribution in [0.1, 0.15) is 48.8 Å². The number of carbonyl (C=O) groups is 3. The topological polar surface area (TPSA) is 182 Å². The standard InChI is InChI=1S/C27H30N2O8/c1-10-14-12(11-6-4-5-7-11)8-9-13(30)16(14)21(31)17-15(10)22(32)19-20(29(2)3)23(33)18(26(28)36)25(35)27(19,37)24(17)34/h6,8-10,15,19-20,22,30-32,35,37H,4-5,7H2,1-3H3,(H2,28,36)/t10-,15?,19?,20-,22-,27-/m0/s1. The van der Waals surface area contributed by atoms with Gasteiger partial charge < -0.3 is 31.3 Å². The van der Waals surface area contributed by atoms with Crippen molar-refractivity contribution in [3.63, 3.8) is 0 Å². The zero-order valence-corrected chi connectivity index (χ0v) is 20.7. The van der Waals surface area contributed by atoms with Crippen molar-refractivity contribution in [3.8, 4) is 5.75 Å². The maximum atomic E-state index is 14.0. The summed E-state index contributed by atoms with van der Waals surface area (Å²) in [6, 6.07) is 1.79. The third kappa shape index (κ3) is 3.12. The number of allylic oxidation sites excluding steroid dienone is 2. The Morgan fingerprint density at radius 3 is 2.41 bits per heavy atom. The Hall–Kier alpha value is -3.47. The van der Waals surface area contributed by atoms with Gasteiger partial charge in [-0.05, 0) is 62.0 Å². The minimum absolute atomic E-state index is 0.0151. The van der Waals surface area contributed by atoms with E-state index >= 15 is 0 Å². The van der Waals surface area contributed by atoms with Crippen LogP contribution in [0.2, 0.25) is 0 Å². The van der Waals surface area contributed by atoms with E-state index in [0.29, 0.717) is 5.56 Å². The first-order valence-electron chi connectivity index (χ1n) is 12.2. The molecule has 0 bridgehead atoms. The van der Waals surface area contributed by atoms with Crippen LogP contribution in [-0.2, 0) is 14.4 Å². The molecule has 37 heavy (non-hydrogen) atoms. The van der Waals surface area contributed by atoms with E-state index in [4.69, 9.17) is 5.73 Å². The van der Waals surface area contributed by atoms with Crippen LogP contribution in [0.5, 0.6) is 5.75 Å². The van der Waals surface area contributed by atoms with Gasteiger partial charge in [-0.2, -0.15) is 0 Å². The molecular formula is C27H30N2O8. The number of hydrogen-bond acceptors (Lipinski definition) is 9. The number of nitrogens with zero attached hydrogens (tertiary/aromatic N) is 1. The molecule has 10 heteroatoms. The molecule has 10 nitrogen and oxygen atoms in total. The van der Waals surface area contributed by atoms with Gasteiger partial charge >= 0.3 is 0 Å². The van der Waals surface area contributed by atoms with Crippen LogP contribution in [0.25, 0.3) is 11.3 Å². The molecule has 7 N–H and O–H groups in total. The third-order valence-electron chi connectivity index (χ3n) is 8.49. The summed E-state index contributed by atoms with van der Waals surface area (Å²) < 4.78 is 0. The van der Waals surface area contributed by atoms with E-state index in [1.807, 2.05) is 0 Å². The summed E-state index contributed by atoms with van der Waals surface area (Å²) >= 11 is 0.